The maximum absolute atomic E-state index is 10.2. The molecule has 0 bridgehead atoms. The second kappa shape index (κ2) is 9.82. The number of ether oxygens (including phenoxy) is 1. The smallest absolute Gasteiger partial charge is 0.545 e. The van der Waals surface area contributed by atoms with Gasteiger partial charge in [0.25, 0.3) is 0 Å². The first-order valence-corrected chi connectivity index (χ1v) is 5.84. The zero-order valence-corrected chi connectivity index (χ0v) is 11.0. The third-order valence-electron chi connectivity index (χ3n) is 2.31. The first kappa shape index (κ1) is 16.8. The Balaban J connectivity index is 0.00000289. The van der Waals surface area contributed by atoms with Crippen LogP contribution in [0.15, 0.2) is 30.3 Å². The number of carboxylic acids is 1. The average Bonchev–Trinajstić information content (AvgIpc) is 2.33. The molecule has 0 aliphatic rings. The van der Waals surface area contributed by atoms with Crippen molar-refractivity contribution in [3.8, 4) is 5.75 Å². The molecule has 0 aliphatic carbocycles. The Morgan fingerprint density at radius 2 is 1.94 bits per heavy atom. The normalized spacial score (nSPS) is 10.1. The maximum atomic E-state index is 10.2. The van der Waals surface area contributed by atoms with E-state index in [4.69, 9.17) is 4.74 Å². The van der Waals surface area contributed by atoms with Crippen LogP contribution in [0.3, 0.4) is 0 Å². The molecule has 0 amide bonds. The molecule has 1 rings (SSSR count). The summed E-state index contributed by atoms with van der Waals surface area (Å²) in [6, 6.07) is 7.30. The number of carbonyl (C=O) groups excluding carboxylic acids is 1. The van der Waals surface area contributed by atoms with Gasteiger partial charge in [-0.25, -0.2) is 0 Å². The summed E-state index contributed by atoms with van der Waals surface area (Å²) in [5, 5.41) is 10.2. The minimum Gasteiger partial charge on any atom is -0.545 e. The largest absolute Gasteiger partial charge is 1.00 e. The molecule has 4 heteroatoms. The van der Waals surface area contributed by atoms with Gasteiger partial charge < -0.3 is 14.6 Å². The quantitative estimate of drug-likeness (QED) is 0.350. The zero-order valence-electron chi connectivity index (χ0n) is 11.0. The van der Waals surface area contributed by atoms with Crippen LogP contribution in [-0.4, -0.2) is 12.6 Å². The van der Waals surface area contributed by atoms with Crippen LogP contribution >= 0.6 is 0 Å². The van der Waals surface area contributed by atoms with Crippen molar-refractivity contribution in [3.05, 3.63) is 35.9 Å². The van der Waals surface area contributed by atoms with Crippen molar-refractivity contribution in [1.82, 2.24) is 0 Å². The Morgan fingerprint density at radius 3 is 2.50 bits per heavy atom. The minimum absolute atomic E-state index is 0. The summed E-state index contributed by atoms with van der Waals surface area (Å²) in [5.41, 5.74) is 0.815. The predicted molar refractivity (Wildman–Crippen MR) is 65.5 cm³/mol. The van der Waals surface area contributed by atoms with Crippen molar-refractivity contribution in [2.75, 3.05) is 6.61 Å². The van der Waals surface area contributed by atoms with E-state index in [9.17, 15) is 9.90 Å². The average molecular weight is 240 g/mol. The summed E-state index contributed by atoms with van der Waals surface area (Å²) in [6.07, 6.45) is 5.92. The van der Waals surface area contributed by atoms with Crippen LogP contribution in [-0.2, 0) is 4.79 Å². The van der Waals surface area contributed by atoms with Crippen molar-refractivity contribution in [2.45, 2.75) is 26.2 Å². The summed E-state index contributed by atoms with van der Waals surface area (Å²) >= 11 is 0. The Labute approximate surface area is 120 Å². The number of carboxylic acid groups (broad SMARTS) is 1. The Hall–Kier alpha value is -1.17. The molecular weight excluding hydrogens is 223 g/mol. The number of hydrogen-bond donors (Lipinski definition) is 0. The number of rotatable bonds is 7. The van der Waals surface area contributed by atoms with Crippen molar-refractivity contribution < 1.29 is 33.5 Å². The molecule has 92 valence electrons. The summed E-state index contributed by atoms with van der Waals surface area (Å²) in [4.78, 5) is 10.2. The molecule has 0 aromatic heterocycles. The van der Waals surface area contributed by atoms with Gasteiger partial charge in [-0.15, -0.1) is 0 Å². The topological polar surface area (TPSA) is 49.4 Å². The van der Waals surface area contributed by atoms with E-state index in [-0.39, 0.29) is 18.9 Å². The molecule has 0 saturated carbocycles. The van der Waals surface area contributed by atoms with E-state index in [0.717, 1.165) is 30.4 Å². The Morgan fingerprint density at radius 1 is 1.28 bits per heavy atom. The summed E-state index contributed by atoms with van der Waals surface area (Å²) < 4.78 is 5.54. The van der Waals surface area contributed by atoms with E-state index in [2.05, 4.69) is 6.92 Å². The molecule has 0 atom stereocenters. The number of benzene rings is 1. The molecule has 18 heavy (non-hydrogen) atoms. The number of carbonyl (C=O) groups is 1. The van der Waals surface area contributed by atoms with Crippen LogP contribution in [0, 0.1) is 0 Å². The summed E-state index contributed by atoms with van der Waals surface area (Å²) in [5.74, 6) is -0.378. The van der Waals surface area contributed by atoms with Crippen LogP contribution in [0.5, 0.6) is 5.75 Å². The van der Waals surface area contributed by atoms with Crippen LogP contribution < -0.4 is 28.7 Å². The minimum atomic E-state index is -1.19. The molecule has 0 unspecified atom stereocenters. The second-order valence-corrected chi connectivity index (χ2v) is 3.78. The standard InChI is InChI=1S/C14H18O3.Li/c1-2-3-4-11-17-13-8-5-12(6-9-13)7-10-14(15)16;/h5-10H,2-4,11H2,1H3,(H,15,16);/q;+1/p-1/b10-7+;. The molecule has 1 aromatic carbocycles. The van der Waals surface area contributed by atoms with Crippen LogP contribution in [0.4, 0.5) is 0 Å². The van der Waals surface area contributed by atoms with E-state index in [1.165, 1.54) is 18.9 Å². The zero-order chi connectivity index (χ0) is 12.5. The van der Waals surface area contributed by atoms with Gasteiger partial charge in [0, 0.05) is 0 Å². The van der Waals surface area contributed by atoms with Crippen molar-refractivity contribution in [2.24, 2.45) is 0 Å². The fraction of sp³-hybridized carbons (Fsp3) is 0.357. The fourth-order valence-electron chi connectivity index (χ4n) is 1.38. The molecule has 3 nitrogen and oxygen atoms in total. The van der Waals surface area contributed by atoms with Gasteiger partial charge in [0.15, 0.2) is 0 Å². The first-order chi connectivity index (χ1) is 8.22. The molecule has 0 fully saturated rings. The van der Waals surface area contributed by atoms with E-state index in [1.54, 1.807) is 0 Å². The summed E-state index contributed by atoms with van der Waals surface area (Å²) in [7, 11) is 0. The number of unbranched alkanes of at least 4 members (excludes halogenated alkanes) is 2. The Bertz CT molecular complexity index is 371. The van der Waals surface area contributed by atoms with Gasteiger partial charge in [0.1, 0.15) is 5.75 Å². The number of aliphatic carboxylic acids is 1. The van der Waals surface area contributed by atoms with Crippen molar-refractivity contribution >= 4 is 12.0 Å². The first-order valence-electron chi connectivity index (χ1n) is 5.84. The SMILES string of the molecule is CCCCCOc1ccc(/C=C/C(=O)[O-])cc1.[Li+]. The molecule has 1 aromatic rings. The summed E-state index contributed by atoms with van der Waals surface area (Å²) in [6.45, 7) is 2.88. The molecule has 0 N–H and O–H groups in total. The molecule has 0 aliphatic heterocycles. The van der Waals surface area contributed by atoms with E-state index in [0.29, 0.717) is 0 Å². The van der Waals surface area contributed by atoms with Gasteiger partial charge in [0.2, 0.25) is 0 Å². The number of hydrogen-bond acceptors (Lipinski definition) is 3. The van der Waals surface area contributed by atoms with Gasteiger partial charge in [-0.3, -0.25) is 0 Å². The van der Waals surface area contributed by atoms with Gasteiger partial charge >= 0.3 is 18.9 Å². The second-order valence-electron chi connectivity index (χ2n) is 3.78. The maximum Gasteiger partial charge on any atom is 1.00 e. The van der Waals surface area contributed by atoms with E-state index >= 15 is 0 Å². The van der Waals surface area contributed by atoms with E-state index < -0.39 is 5.97 Å². The van der Waals surface area contributed by atoms with Crippen LogP contribution in [0.2, 0.25) is 0 Å². The van der Waals surface area contributed by atoms with Gasteiger partial charge in [-0.05, 0) is 30.2 Å². The third kappa shape index (κ3) is 7.21. The van der Waals surface area contributed by atoms with Gasteiger partial charge in [-0.2, -0.15) is 0 Å². The Kier molecular flexibility index (Phi) is 9.18. The van der Waals surface area contributed by atoms with Gasteiger partial charge in [0.05, 0.1) is 12.6 Å². The van der Waals surface area contributed by atoms with Crippen molar-refractivity contribution in [3.63, 3.8) is 0 Å². The molecule has 0 saturated heterocycles. The monoisotopic (exact) mass is 240 g/mol. The molecule has 0 heterocycles. The predicted octanol–water partition coefficient (Wildman–Crippen LogP) is -0.977. The van der Waals surface area contributed by atoms with E-state index in [1.807, 2.05) is 24.3 Å². The fourth-order valence-corrected chi connectivity index (χ4v) is 1.38. The molecular formula is C14H17LiO3. The van der Waals surface area contributed by atoms with Gasteiger partial charge in [-0.1, -0.05) is 38.0 Å². The van der Waals surface area contributed by atoms with Crippen molar-refractivity contribution in [1.29, 1.82) is 0 Å². The van der Waals surface area contributed by atoms with Crippen LogP contribution in [0.25, 0.3) is 6.08 Å². The molecule has 0 radical (unpaired) electrons. The third-order valence-corrected chi connectivity index (χ3v) is 2.31. The molecule has 0 spiro atoms. The van der Waals surface area contributed by atoms with Crippen LogP contribution in [0.1, 0.15) is 31.7 Å².